The average Bonchev–Trinajstić information content (AvgIpc) is 2.29. The molecule has 1 aromatic rings. The molecule has 0 aromatic carbocycles. The Labute approximate surface area is 110 Å². The molecule has 1 rings (SSSR count). The van der Waals surface area contributed by atoms with E-state index in [0.717, 1.165) is 4.98 Å². The summed E-state index contributed by atoms with van der Waals surface area (Å²) in [5.74, 6) is -13.3. The molecule has 0 aliphatic heterocycles. The summed E-state index contributed by atoms with van der Waals surface area (Å²) in [7, 11) is 0. The molecular formula is C9H4F7NO4. The summed E-state index contributed by atoms with van der Waals surface area (Å²) < 4.78 is 91.5. The number of carboxylic acid groups (broad SMARTS) is 1. The number of halogens is 7. The van der Waals surface area contributed by atoms with Gasteiger partial charge in [-0.25, -0.2) is 4.79 Å². The van der Waals surface area contributed by atoms with Crippen LogP contribution in [0.1, 0.15) is 5.69 Å². The van der Waals surface area contributed by atoms with Crippen molar-refractivity contribution in [1.29, 1.82) is 0 Å². The lowest BCUT2D eigenvalue weighted by Gasteiger charge is -2.27. The van der Waals surface area contributed by atoms with Crippen LogP contribution in [-0.2, 0) is 5.92 Å². The summed E-state index contributed by atoms with van der Waals surface area (Å²) in [6.07, 6.45) is -8.58. The van der Waals surface area contributed by atoms with Gasteiger partial charge in [-0.05, 0) is 12.1 Å². The van der Waals surface area contributed by atoms with Crippen LogP contribution in [0.25, 0.3) is 0 Å². The van der Waals surface area contributed by atoms with Gasteiger partial charge in [0.25, 0.3) is 5.56 Å². The summed E-state index contributed by atoms with van der Waals surface area (Å²) in [5.41, 5.74) is -3.76. The lowest BCUT2D eigenvalue weighted by Crippen LogP contribution is -2.50. The topological polar surface area (TPSA) is 79.4 Å². The third-order valence-electron chi connectivity index (χ3n) is 2.16. The summed E-state index contributed by atoms with van der Waals surface area (Å²) in [6.45, 7) is 0. The molecule has 0 atom stereocenters. The average molecular weight is 323 g/mol. The number of carbonyl (C=O) groups is 1. The van der Waals surface area contributed by atoms with Crippen molar-refractivity contribution in [3.63, 3.8) is 0 Å². The zero-order valence-corrected chi connectivity index (χ0v) is 9.47. The lowest BCUT2D eigenvalue weighted by atomic mass is 10.1. The fraction of sp³-hybridized carbons (Fsp3) is 0.333. The van der Waals surface area contributed by atoms with Crippen LogP contribution in [0.15, 0.2) is 16.9 Å². The van der Waals surface area contributed by atoms with Crippen molar-refractivity contribution < 1.29 is 45.4 Å². The number of aromatic amines is 1. The molecule has 118 valence electrons. The molecule has 1 aromatic heterocycles. The van der Waals surface area contributed by atoms with Gasteiger partial charge >= 0.3 is 24.2 Å². The fourth-order valence-electron chi connectivity index (χ4n) is 1.17. The van der Waals surface area contributed by atoms with Crippen LogP contribution >= 0.6 is 0 Å². The Morgan fingerprint density at radius 1 is 1.10 bits per heavy atom. The molecule has 0 aliphatic carbocycles. The maximum absolute atomic E-state index is 13.2. The summed E-state index contributed by atoms with van der Waals surface area (Å²) >= 11 is 0. The highest BCUT2D eigenvalue weighted by Crippen LogP contribution is 2.51. The molecule has 1 heterocycles. The van der Waals surface area contributed by atoms with Crippen LogP contribution in [0.5, 0.6) is 5.75 Å². The van der Waals surface area contributed by atoms with Gasteiger partial charge in [0, 0.05) is 0 Å². The number of rotatable bonds is 3. The van der Waals surface area contributed by atoms with Gasteiger partial charge < -0.3 is 14.8 Å². The van der Waals surface area contributed by atoms with E-state index in [0.29, 0.717) is 0 Å². The van der Waals surface area contributed by atoms with Crippen molar-refractivity contribution in [3.05, 3.63) is 28.2 Å². The van der Waals surface area contributed by atoms with Gasteiger partial charge in [0.1, 0.15) is 0 Å². The van der Waals surface area contributed by atoms with Crippen LogP contribution in [0.3, 0.4) is 0 Å². The largest absolute Gasteiger partial charge is 0.511 e. The molecule has 0 aliphatic rings. The van der Waals surface area contributed by atoms with Crippen molar-refractivity contribution in [2.75, 3.05) is 0 Å². The second kappa shape index (κ2) is 4.93. The molecule has 0 bridgehead atoms. The van der Waals surface area contributed by atoms with E-state index >= 15 is 0 Å². The molecule has 0 saturated carbocycles. The van der Waals surface area contributed by atoms with Gasteiger partial charge in [0.2, 0.25) is 0 Å². The molecule has 2 N–H and O–H groups in total. The Balaban J connectivity index is 3.31. The van der Waals surface area contributed by atoms with Gasteiger partial charge in [-0.2, -0.15) is 30.7 Å². The summed E-state index contributed by atoms with van der Waals surface area (Å²) in [5, 5.41) is 8.16. The zero-order chi connectivity index (χ0) is 16.6. The minimum atomic E-state index is -6.57. The Morgan fingerprint density at radius 2 is 1.62 bits per heavy atom. The molecule has 0 amide bonds. The van der Waals surface area contributed by atoms with E-state index in [4.69, 9.17) is 5.11 Å². The second-order valence-corrected chi connectivity index (χ2v) is 3.58. The van der Waals surface area contributed by atoms with Gasteiger partial charge in [-0.3, -0.25) is 4.79 Å². The minimum absolute atomic E-state index is 0.0146. The van der Waals surface area contributed by atoms with E-state index in [9.17, 15) is 40.3 Å². The number of pyridine rings is 1. The molecule has 0 fully saturated rings. The highest BCUT2D eigenvalue weighted by atomic mass is 19.4. The van der Waals surface area contributed by atoms with Crippen LogP contribution in [0.2, 0.25) is 0 Å². The first-order valence-electron chi connectivity index (χ1n) is 4.77. The van der Waals surface area contributed by atoms with Crippen molar-refractivity contribution in [1.82, 2.24) is 4.98 Å². The maximum Gasteiger partial charge on any atom is 0.511 e. The molecular weight excluding hydrogens is 319 g/mol. The Hall–Kier alpha value is -2.27. The number of H-pyrrole nitrogens is 1. The Morgan fingerprint density at radius 3 is 2.00 bits per heavy atom. The number of alkyl halides is 7. The Bertz CT molecular complexity index is 607. The highest BCUT2D eigenvalue weighted by molar-refractivity contribution is 5.60. The molecule has 0 radical (unpaired) electrons. The molecule has 5 nitrogen and oxygen atoms in total. The predicted octanol–water partition coefficient (Wildman–Crippen LogP) is 2.72. The van der Waals surface area contributed by atoms with Gasteiger partial charge in [-0.15, -0.1) is 0 Å². The van der Waals surface area contributed by atoms with Crippen molar-refractivity contribution in [3.8, 4) is 5.75 Å². The van der Waals surface area contributed by atoms with Crippen molar-refractivity contribution in [2.45, 2.75) is 18.0 Å². The monoisotopic (exact) mass is 323 g/mol. The van der Waals surface area contributed by atoms with Crippen molar-refractivity contribution in [2.24, 2.45) is 0 Å². The predicted molar refractivity (Wildman–Crippen MR) is 50.6 cm³/mol. The molecule has 0 spiro atoms. The summed E-state index contributed by atoms with van der Waals surface area (Å²) in [4.78, 5) is 22.2. The zero-order valence-electron chi connectivity index (χ0n) is 9.47. The molecule has 12 heteroatoms. The first-order chi connectivity index (χ1) is 9.30. The van der Waals surface area contributed by atoms with Gasteiger partial charge in [0.05, 0.1) is 5.69 Å². The number of hydrogen-bond donors (Lipinski definition) is 2. The van der Waals surface area contributed by atoms with Crippen LogP contribution in [0, 0.1) is 0 Å². The number of hydrogen-bond acceptors (Lipinski definition) is 3. The molecule has 0 unspecified atom stereocenters. The first-order valence-corrected chi connectivity index (χ1v) is 4.77. The van der Waals surface area contributed by atoms with E-state index in [2.05, 4.69) is 4.74 Å². The van der Waals surface area contributed by atoms with Crippen LogP contribution in [-0.4, -0.2) is 28.3 Å². The highest BCUT2D eigenvalue weighted by Gasteiger charge is 2.74. The number of ether oxygens (including phenoxy) is 1. The third kappa shape index (κ3) is 2.92. The minimum Gasteiger partial charge on any atom is -0.449 e. The van der Waals surface area contributed by atoms with Gasteiger partial charge in [0.15, 0.2) is 5.75 Å². The van der Waals surface area contributed by atoms with E-state index in [1.165, 1.54) is 0 Å². The fourth-order valence-corrected chi connectivity index (χ4v) is 1.17. The lowest BCUT2D eigenvalue weighted by molar-refractivity contribution is -0.360. The van der Waals surface area contributed by atoms with E-state index in [-0.39, 0.29) is 12.1 Å². The second-order valence-electron chi connectivity index (χ2n) is 3.58. The third-order valence-corrected chi connectivity index (χ3v) is 2.16. The summed E-state index contributed by atoms with van der Waals surface area (Å²) in [6, 6.07) is 0.210. The first kappa shape index (κ1) is 16.8. The smallest absolute Gasteiger partial charge is 0.449 e. The normalized spacial score (nSPS) is 13.1. The SMILES string of the molecule is O=C(O)Oc1ccc(C(F)(F)C(F)(F)C(F)(F)F)[nH]c1=O. The van der Waals surface area contributed by atoms with E-state index in [1.807, 2.05) is 0 Å². The quantitative estimate of drug-likeness (QED) is 0.662. The van der Waals surface area contributed by atoms with Crippen LogP contribution in [0.4, 0.5) is 35.5 Å². The van der Waals surface area contributed by atoms with Gasteiger partial charge in [-0.1, -0.05) is 0 Å². The number of aromatic nitrogens is 1. The standard InChI is InChI=1S/C9H4F7NO4/c10-7(11,8(12,13)9(14,15)16)4-2-1-3(5(18)17-4)21-6(19)20/h1-2H,(H,17,18)(H,19,20). The Kier molecular flexibility index (Phi) is 3.94. The van der Waals surface area contributed by atoms with E-state index < -0.39 is 41.2 Å². The van der Waals surface area contributed by atoms with E-state index in [1.54, 1.807) is 0 Å². The molecule has 0 saturated heterocycles. The number of nitrogens with one attached hydrogen (secondary N) is 1. The maximum atomic E-state index is 13.2. The van der Waals surface area contributed by atoms with Crippen molar-refractivity contribution >= 4 is 6.16 Å². The van der Waals surface area contributed by atoms with Crippen LogP contribution < -0.4 is 10.3 Å². The molecule has 21 heavy (non-hydrogen) atoms.